The molecule has 1 aromatic heterocycles. The fourth-order valence-corrected chi connectivity index (χ4v) is 3.14. The smallest absolute Gasteiger partial charge is 0.153 e. The average Bonchev–Trinajstić information content (AvgIpc) is 2.77. The molecule has 18 heavy (non-hydrogen) atoms. The van der Waals surface area contributed by atoms with Gasteiger partial charge in [-0.05, 0) is 18.2 Å². The maximum Gasteiger partial charge on any atom is 0.153 e. The molecule has 0 spiro atoms. The number of thiazole rings is 1. The van der Waals surface area contributed by atoms with Crippen LogP contribution in [0.25, 0.3) is 0 Å². The van der Waals surface area contributed by atoms with Crippen LogP contribution in [-0.2, 0) is 0 Å². The van der Waals surface area contributed by atoms with E-state index in [0.29, 0.717) is 21.5 Å². The molecule has 2 heterocycles. The molecule has 0 radical (unpaired) electrons. The van der Waals surface area contributed by atoms with Gasteiger partial charge >= 0.3 is 0 Å². The topological polar surface area (TPSA) is 42.4 Å². The van der Waals surface area contributed by atoms with Gasteiger partial charge in [-0.25, -0.2) is 4.98 Å². The minimum absolute atomic E-state index is 0.258. The third kappa shape index (κ3) is 2.21. The fraction of sp³-hybridized carbons (Fsp3) is 0.250. The van der Waals surface area contributed by atoms with Gasteiger partial charge in [0.15, 0.2) is 6.10 Å². The van der Waals surface area contributed by atoms with Crippen LogP contribution in [-0.4, -0.2) is 10.1 Å². The number of benzene rings is 1. The van der Waals surface area contributed by atoms with Crippen molar-refractivity contribution in [1.29, 1.82) is 0 Å². The fourth-order valence-electron chi connectivity index (χ4n) is 1.99. The van der Waals surface area contributed by atoms with Crippen molar-refractivity contribution < 1.29 is 9.84 Å². The van der Waals surface area contributed by atoms with Gasteiger partial charge in [-0.3, -0.25) is 0 Å². The highest BCUT2D eigenvalue weighted by molar-refractivity contribution is 7.15. The summed E-state index contributed by atoms with van der Waals surface area (Å²) in [5.41, 5.74) is 0.724. The number of nitrogens with zero attached hydrogens (tertiary/aromatic N) is 1. The molecule has 2 atom stereocenters. The van der Waals surface area contributed by atoms with Crippen LogP contribution in [0.1, 0.15) is 29.2 Å². The number of ether oxygens (including phenoxy) is 1. The first kappa shape index (κ1) is 12.2. The van der Waals surface area contributed by atoms with Gasteiger partial charge in [0.05, 0.1) is 12.3 Å². The molecule has 2 unspecified atom stereocenters. The lowest BCUT2D eigenvalue weighted by Crippen LogP contribution is -2.18. The SMILES string of the molecule is OC1CC(c2ncc(Cl)s2)Oc2ccc(Cl)cc21. The number of aromatic nitrogens is 1. The van der Waals surface area contributed by atoms with Gasteiger partial charge in [-0.1, -0.05) is 23.2 Å². The molecule has 0 amide bonds. The summed E-state index contributed by atoms with van der Waals surface area (Å²) in [4.78, 5) is 4.19. The molecule has 6 heteroatoms. The van der Waals surface area contributed by atoms with Gasteiger partial charge in [-0.15, -0.1) is 11.3 Å². The number of hydrogen-bond acceptors (Lipinski definition) is 4. The Morgan fingerprint density at radius 2 is 2.22 bits per heavy atom. The number of fused-ring (bicyclic) bond motifs is 1. The Morgan fingerprint density at radius 3 is 2.94 bits per heavy atom. The maximum absolute atomic E-state index is 10.1. The van der Waals surface area contributed by atoms with Gasteiger partial charge in [0.25, 0.3) is 0 Å². The molecule has 3 nitrogen and oxygen atoms in total. The maximum atomic E-state index is 10.1. The highest BCUT2D eigenvalue weighted by Crippen LogP contribution is 2.42. The number of hydrogen-bond donors (Lipinski definition) is 1. The highest BCUT2D eigenvalue weighted by atomic mass is 35.5. The predicted octanol–water partition coefficient (Wildman–Crippen LogP) is 4.01. The summed E-state index contributed by atoms with van der Waals surface area (Å²) in [7, 11) is 0. The van der Waals surface area contributed by atoms with Crippen molar-refractivity contribution in [2.24, 2.45) is 0 Å². The molecule has 2 aromatic rings. The van der Waals surface area contributed by atoms with Crippen molar-refractivity contribution in [2.75, 3.05) is 0 Å². The van der Waals surface area contributed by atoms with Crippen LogP contribution in [0.5, 0.6) is 5.75 Å². The summed E-state index contributed by atoms with van der Waals surface area (Å²) in [6.07, 6.45) is 1.19. The second kappa shape index (κ2) is 4.70. The Bertz CT molecular complexity index is 587. The third-order valence-electron chi connectivity index (χ3n) is 2.81. The van der Waals surface area contributed by atoms with Crippen molar-refractivity contribution >= 4 is 34.5 Å². The van der Waals surface area contributed by atoms with Crippen LogP contribution < -0.4 is 4.74 Å². The molecule has 0 saturated carbocycles. The summed E-state index contributed by atoms with van der Waals surface area (Å²) >= 11 is 13.1. The van der Waals surface area contributed by atoms with E-state index in [0.717, 1.165) is 10.6 Å². The van der Waals surface area contributed by atoms with Crippen LogP contribution in [0.4, 0.5) is 0 Å². The zero-order valence-corrected chi connectivity index (χ0v) is 11.5. The van der Waals surface area contributed by atoms with E-state index in [1.807, 2.05) is 0 Å². The van der Waals surface area contributed by atoms with E-state index in [1.54, 1.807) is 24.4 Å². The molecule has 1 aromatic carbocycles. The first-order chi connectivity index (χ1) is 8.63. The van der Waals surface area contributed by atoms with Crippen LogP contribution >= 0.6 is 34.5 Å². The van der Waals surface area contributed by atoms with Crippen LogP contribution in [0, 0.1) is 0 Å². The van der Waals surface area contributed by atoms with Crippen molar-refractivity contribution in [1.82, 2.24) is 4.98 Å². The number of aliphatic hydroxyl groups excluding tert-OH is 1. The van der Waals surface area contributed by atoms with Crippen LogP contribution in [0.3, 0.4) is 0 Å². The molecule has 0 bridgehead atoms. The Hall–Kier alpha value is -0.810. The molecule has 0 fully saturated rings. The zero-order chi connectivity index (χ0) is 12.7. The Balaban J connectivity index is 1.94. The predicted molar refractivity (Wildman–Crippen MR) is 71.5 cm³/mol. The molecule has 3 rings (SSSR count). The second-order valence-electron chi connectivity index (χ2n) is 4.04. The minimum Gasteiger partial charge on any atom is -0.483 e. The lowest BCUT2D eigenvalue weighted by atomic mass is 9.99. The van der Waals surface area contributed by atoms with Crippen LogP contribution in [0.15, 0.2) is 24.4 Å². The minimum atomic E-state index is -0.597. The summed E-state index contributed by atoms with van der Waals surface area (Å²) in [6.45, 7) is 0. The van der Waals surface area contributed by atoms with E-state index in [1.165, 1.54) is 11.3 Å². The summed E-state index contributed by atoms with van der Waals surface area (Å²) in [5, 5.41) is 11.5. The monoisotopic (exact) mass is 301 g/mol. The zero-order valence-electron chi connectivity index (χ0n) is 9.14. The largest absolute Gasteiger partial charge is 0.483 e. The molecule has 0 saturated heterocycles. The van der Waals surface area contributed by atoms with Crippen molar-refractivity contribution in [3.05, 3.63) is 44.3 Å². The summed E-state index contributed by atoms with van der Waals surface area (Å²) in [5.74, 6) is 0.648. The van der Waals surface area contributed by atoms with Gasteiger partial charge in [0, 0.05) is 17.0 Å². The molecule has 94 valence electrons. The quantitative estimate of drug-likeness (QED) is 0.865. The van der Waals surface area contributed by atoms with E-state index in [-0.39, 0.29) is 6.10 Å². The van der Waals surface area contributed by atoms with Crippen LogP contribution in [0.2, 0.25) is 9.36 Å². The standard InChI is InChI=1S/C12H9Cl2NO2S/c13-6-1-2-9-7(3-6)8(16)4-10(17-9)12-15-5-11(14)18-12/h1-3,5,8,10,16H,4H2. The number of halogens is 2. The van der Waals surface area contributed by atoms with Crippen molar-refractivity contribution in [3.8, 4) is 5.75 Å². The van der Waals surface area contributed by atoms with E-state index in [9.17, 15) is 5.11 Å². The van der Waals surface area contributed by atoms with Crippen molar-refractivity contribution in [3.63, 3.8) is 0 Å². The Morgan fingerprint density at radius 1 is 1.39 bits per heavy atom. The normalized spacial score (nSPS) is 22.4. The molecule has 0 aliphatic carbocycles. The Labute approximate surface area is 118 Å². The van der Waals surface area contributed by atoms with Crippen molar-refractivity contribution in [2.45, 2.75) is 18.6 Å². The van der Waals surface area contributed by atoms with Gasteiger partial charge in [-0.2, -0.15) is 0 Å². The molecule has 1 N–H and O–H groups in total. The lowest BCUT2D eigenvalue weighted by molar-refractivity contribution is 0.0656. The average molecular weight is 302 g/mol. The number of aliphatic hydroxyl groups is 1. The van der Waals surface area contributed by atoms with E-state index >= 15 is 0 Å². The van der Waals surface area contributed by atoms with Gasteiger partial charge in [0.1, 0.15) is 15.1 Å². The van der Waals surface area contributed by atoms with Gasteiger partial charge in [0.2, 0.25) is 0 Å². The first-order valence-corrected chi connectivity index (χ1v) is 6.96. The summed E-state index contributed by atoms with van der Waals surface area (Å²) < 4.78 is 6.44. The highest BCUT2D eigenvalue weighted by Gasteiger charge is 2.29. The second-order valence-corrected chi connectivity index (χ2v) is 6.17. The third-order valence-corrected chi connectivity index (χ3v) is 4.25. The molecule has 1 aliphatic rings. The molecular formula is C12H9Cl2NO2S. The first-order valence-electron chi connectivity index (χ1n) is 5.39. The molecular weight excluding hydrogens is 293 g/mol. The van der Waals surface area contributed by atoms with Gasteiger partial charge < -0.3 is 9.84 Å². The molecule has 1 aliphatic heterocycles. The summed E-state index contributed by atoms with van der Waals surface area (Å²) in [6, 6.07) is 5.24. The van der Waals surface area contributed by atoms with E-state index < -0.39 is 6.10 Å². The number of rotatable bonds is 1. The van der Waals surface area contributed by atoms with E-state index in [2.05, 4.69) is 4.98 Å². The lowest BCUT2D eigenvalue weighted by Gasteiger charge is -2.28. The Kier molecular flexibility index (Phi) is 3.20. The van der Waals surface area contributed by atoms with E-state index in [4.69, 9.17) is 27.9 Å².